The van der Waals surface area contributed by atoms with Crippen molar-refractivity contribution in [2.24, 2.45) is 5.92 Å². The van der Waals surface area contributed by atoms with Gasteiger partial charge in [0.15, 0.2) is 5.65 Å². The van der Waals surface area contributed by atoms with Gasteiger partial charge in [-0.05, 0) is 37.8 Å². The monoisotopic (exact) mass is 507 g/mol. The molecule has 0 aliphatic heterocycles. The zero-order valence-corrected chi connectivity index (χ0v) is 23.7. The maximum Gasteiger partial charge on any atom is 0.257 e. The Morgan fingerprint density at radius 2 is 1.46 bits per heavy atom. The normalized spacial score (nSPS) is 12.6. The first-order chi connectivity index (χ1) is 17.9. The van der Waals surface area contributed by atoms with Crippen molar-refractivity contribution < 1.29 is 4.79 Å². The molecule has 6 nitrogen and oxygen atoms in total. The molecule has 3 N–H and O–H groups in total. The molecule has 0 radical (unpaired) electrons. The Morgan fingerprint density at radius 1 is 0.865 bits per heavy atom. The van der Waals surface area contributed by atoms with Crippen LogP contribution in [-0.2, 0) is 6.54 Å². The summed E-state index contributed by atoms with van der Waals surface area (Å²) in [6.45, 7) is 9.55. The van der Waals surface area contributed by atoms with Gasteiger partial charge >= 0.3 is 0 Å². The number of amides is 1. The average molecular weight is 508 g/mol. The zero-order valence-electron chi connectivity index (χ0n) is 23.7. The van der Waals surface area contributed by atoms with Gasteiger partial charge in [-0.3, -0.25) is 4.79 Å². The molecule has 0 spiro atoms. The fraction of sp³-hybridized carbons (Fsp3) is 0.645. The van der Waals surface area contributed by atoms with Crippen molar-refractivity contribution in [3.63, 3.8) is 0 Å². The fourth-order valence-corrected chi connectivity index (χ4v) is 5.12. The number of carbonyl (C=O) groups excluding carboxylic acids is 1. The van der Waals surface area contributed by atoms with Crippen LogP contribution in [0, 0.1) is 5.92 Å². The van der Waals surface area contributed by atoms with Crippen LogP contribution in [0.25, 0.3) is 22.2 Å². The second kappa shape index (κ2) is 14.9. The highest BCUT2D eigenvalue weighted by molar-refractivity contribution is 6.10. The van der Waals surface area contributed by atoms with Crippen LogP contribution in [0.3, 0.4) is 0 Å². The number of nitrogens with zero attached hydrogens (tertiary/aromatic N) is 3. The molecule has 0 saturated carbocycles. The second-order valence-electron chi connectivity index (χ2n) is 11.2. The number of rotatable bonds is 17. The number of para-hydroxylation sites is 2. The minimum atomic E-state index is -0.147. The SMILES string of the molecule is CCCCCCCCCCCCn1c(N)c(C(=O)N[C@H](C)CCCC(C)C)c2nc3ccccc3nc21. The molecule has 2 heterocycles. The van der Waals surface area contributed by atoms with Crippen molar-refractivity contribution in [3.05, 3.63) is 29.8 Å². The number of nitrogen functional groups attached to an aromatic ring is 1. The third kappa shape index (κ3) is 8.44. The van der Waals surface area contributed by atoms with Gasteiger partial charge in [0.25, 0.3) is 5.91 Å². The summed E-state index contributed by atoms with van der Waals surface area (Å²) in [5.41, 5.74) is 10.0. The fourth-order valence-electron chi connectivity index (χ4n) is 5.12. The molecule has 3 aromatic rings. The van der Waals surface area contributed by atoms with Gasteiger partial charge < -0.3 is 15.6 Å². The molecule has 37 heavy (non-hydrogen) atoms. The largest absolute Gasteiger partial charge is 0.384 e. The molecule has 1 atom stereocenters. The Kier molecular flexibility index (Phi) is 11.7. The van der Waals surface area contributed by atoms with E-state index in [2.05, 4.69) is 33.0 Å². The number of aromatic nitrogens is 3. The van der Waals surface area contributed by atoms with Crippen LogP contribution < -0.4 is 11.1 Å². The van der Waals surface area contributed by atoms with Crippen LogP contribution in [0.15, 0.2) is 24.3 Å². The molecule has 0 aliphatic carbocycles. The van der Waals surface area contributed by atoms with E-state index in [0.717, 1.165) is 49.7 Å². The third-order valence-corrected chi connectivity index (χ3v) is 7.35. The molecule has 0 bridgehead atoms. The highest BCUT2D eigenvalue weighted by atomic mass is 16.1. The first-order valence-corrected chi connectivity index (χ1v) is 14.8. The van der Waals surface area contributed by atoms with E-state index in [-0.39, 0.29) is 11.9 Å². The number of anilines is 1. The van der Waals surface area contributed by atoms with Crippen LogP contribution in [0.5, 0.6) is 0 Å². The minimum Gasteiger partial charge on any atom is -0.384 e. The van der Waals surface area contributed by atoms with Crippen molar-refractivity contribution in [3.8, 4) is 0 Å². The number of nitrogens with one attached hydrogen (secondary N) is 1. The Morgan fingerprint density at radius 3 is 2.08 bits per heavy atom. The predicted octanol–water partition coefficient (Wildman–Crippen LogP) is 8.03. The van der Waals surface area contributed by atoms with Crippen LogP contribution in [-0.4, -0.2) is 26.5 Å². The van der Waals surface area contributed by atoms with Crippen LogP contribution >= 0.6 is 0 Å². The number of carbonyl (C=O) groups is 1. The van der Waals surface area contributed by atoms with Gasteiger partial charge in [-0.25, -0.2) is 9.97 Å². The number of benzene rings is 1. The first kappa shape index (κ1) is 28.9. The summed E-state index contributed by atoms with van der Waals surface area (Å²) in [5, 5.41) is 3.17. The summed E-state index contributed by atoms with van der Waals surface area (Å²) in [6.07, 6.45) is 16.0. The van der Waals surface area contributed by atoms with Crippen molar-refractivity contribution in [2.75, 3.05) is 5.73 Å². The highest BCUT2D eigenvalue weighted by Crippen LogP contribution is 2.29. The smallest absolute Gasteiger partial charge is 0.257 e. The zero-order chi connectivity index (χ0) is 26.6. The Labute approximate surface area is 223 Å². The van der Waals surface area contributed by atoms with Crippen molar-refractivity contribution in [1.82, 2.24) is 19.9 Å². The maximum absolute atomic E-state index is 13.4. The van der Waals surface area contributed by atoms with Crippen molar-refractivity contribution in [1.29, 1.82) is 0 Å². The molecular formula is C31H49N5O. The highest BCUT2D eigenvalue weighted by Gasteiger charge is 2.24. The van der Waals surface area contributed by atoms with E-state index in [1.54, 1.807) is 0 Å². The van der Waals surface area contributed by atoms with Gasteiger partial charge in [0.1, 0.15) is 16.9 Å². The lowest BCUT2D eigenvalue weighted by molar-refractivity contribution is 0.0940. The number of aryl methyl sites for hydroxylation is 1. The summed E-state index contributed by atoms with van der Waals surface area (Å²) in [4.78, 5) is 23.1. The van der Waals surface area contributed by atoms with E-state index in [0.29, 0.717) is 28.5 Å². The van der Waals surface area contributed by atoms with E-state index in [1.807, 2.05) is 28.8 Å². The van der Waals surface area contributed by atoms with Crippen molar-refractivity contribution in [2.45, 2.75) is 124 Å². The van der Waals surface area contributed by atoms with Gasteiger partial charge in [-0.1, -0.05) is 104 Å². The lowest BCUT2D eigenvalue weighted by Crippen LogP contribution is -2.33. The number of fused-ring (bicyclic) bond motifs is 2. The average Bonchev–Trinajstić information content (AvgIpc) is 3.13. The molecule has 6 heteroatoms. The van der Waals surface area contributed by atoms with Gasteiger partial charge in [0, 0.05) is 12.6 Å². The van der Waals surface area contributed by atoms with Gasteiger partial charge in [-0.15, -0.1) is 0 Å². The predicted molar refractivity (Wildman–Crippen MR) is 157 cm³/mol. The number of hydrogen-bond acceptors (Lipinski definition) is 4. The molecule has 0 unspecified atom stereocenters. The molecule has 2 aromatic heterocycles. The molecule has 3 rings (SSSR count). The minimum absolute atomic E-state index is 0.0828. The summed E-state index contributed by atoms with van der Waals surface area (Å²) in [5.74, 6) is 1.00. The van der Waals surface area contributed by atoms with E-state index >= 15 is 0 Å². The van der Waals surface area contributed by atoms with Gasteiger partial charge in [0.2, 0.25) is 0 Å². The molecule has 0 aliphatic rings. The summed E-state index contributed by atoms with van der Waals surface area (Å²) < 4.78 is 2.01. The van der Waals surface area contributed by atoms with E-state index in [9.17, 15) is 4.79 Å². The Hall–Kier alpha value is -2.63. The first-order valence-electron chi connectivity index (χ1n) is 14.8. The second-order valence-corrected chi connectivity index (χ2v) is 11.2. The van der Waals surface area contributed by atoms with Crippen LogP contribution in [0.1, 0.15) is 122 Å². The molecule has 1 aromatic carbocycles. The van der Waals surface area contributed by atoms with Crippen LogP contribution in [0.2, 0.25) is 0 Å². The molecule has 0 saturated heterocycles. The van der Waals surface area contributed by atoms with E-state index in [4.69, 9.17) is 15.7 Å². The third-order valence-electron chi connectivity index (χ3n) is 7.35. The number of hydrogen-bond donors (Lipinski definition) is 2. The van der Waals surface area contributed by atoms with Crippen LogP contribution in [0.4, 0.5) is 5.82 Å². The van der Waals surface area contributed by atoms with Gasteiger partial charge in [-0.2, -0.15) is 0 Å². The quantitative estimate of drug-likeness (QED) is 0.181. The number of unbranched alkanes of at least 4 members (excludes halogenated alkanes) is 9. The summed E-state index contributed by atoms with van der Waals surface area (Å²) in [6, 6.07) is 7.90. The Balaban J connectivity index is 1.68. The lowest BCUT2D eigenvalue weighted by Gasteiger charge is -2.14. The summed E-state index contributed by atoms with van der Waals surface area (Å²) >= 11 is 0. The molecular weight excluding hydrogens is 458 g/mol. The topological polar surface area (TPSA) is 85.8 Å². The Bertz CT molecular complexity index is 1120. The summed E-state index contributed by atoms with van der Waals surface area (Å²) in [7, 11) is 0. The van der Waals surface area contributed by atoms with Crippen molar-refractivity contribution >= 4 is 33.9 Å². The molecule has 0 fully saturated rings. The lowest BCUT2D eigenvalue weighted by atomic mass is 10.0. The molecule has 1 amide bonds. The maximum atomic E-state index is 13.4. The standard InChI is InChI=1S/C31H49N5O/c1-5-6-7-8-9-10-11-12-13-16-22-36-29(32)27(31(37)33-24(4)19-17-18-23(2)3)28-30(36)35-26-21-15-14-20-25(26)34-28/h14-15,20-21,23-24H,5-13,16-19,22,32H2,1-4H3,(H,33,37)/t24-/m1/s1. The van der Waals surface area contributed by atoms with E-state index in [1.165, 1.54) is 51.4 Å². The van der Waals surface area contributed by atoms with E-state index < -0.39 is 0 Å². The molecule has 204 valence electrons. The number of nitrogens with two attached hydrogens (primary N) is 1. The van der Waals surface area contributed by atoms with Gasteiger partial charge in [0.05, 0.1) is 11.0 Å².